The van der Waals surface area contributed by atoms with E-state index in [0.29, 0.717) is 70.2 Å². The van der Waals surface area contributed by atoms with Gasteiger partial charge in [0.05, 0.1) is 21.3 Å². The van der Waals surface area contributed by atoms with Gasteiger partial charge in [0.1, 0.15) is 95.1 Å². The van der Waals surface area contributed by atoms with Gasteiger partial charge in [-0.3, -0.25) is 47.9 Å². The molecule has 484 valence electrons. The van der Waals surface area contributed by atoms with E-state index in [1.165, 1.54) is 6.92 Å². The van der Waals surface area contributed by atoms with E-state index in [1.54, 1.807) is 48.5 Å². The van der Waals surface area contributed by atoms with E-state index in [2.05, 4.69) is 20.8 Å². The molecule has 8 bridgehead atoms. The molecule has 0 fully saturated rings. The molecule has 0 atom stereocenters. The van der Waals surface area contributed by atoms with E-state index >= 15 is 0 Å². The van der Waals surface area contributed by atoms with Crippen LogP contribution in [0.5, 0.6) is 23.0 Å². The van der Waals surface area contributed by atoms with Crippen LogP contribution in [0, 0.1) is 0 Å². The minimum absolute atomic E-state index is 0.124. The van der Waals surface area contributed by atoms with Crippen LogP contribution in [0.3, 0.4) is 0 Å². The maximum Gasteiger partial charge on any atom is 0.333 e. The summed E-state index contributed by atoms with van der Waals surface area (Å²) in [6.45, 7) is 10.1. The molecule has 22 nitrogen and oxygen atoms in total. The fourth-order valence-corrected chi connectivity index (χ4v) is 9.78. The number of rotatable bonds is 35. The zero-order valence-corrected chi connectivity index (χ0v) is 52.6. The smallest absolute Gasteiger partial charge is 0.333 e. The Morgan fingerprint density at radius 3 is 0.733 bits per heavy atom. The lowest BCUT2D eigenvalue weighted by Crippen LogP contribution is -2.18. The number of carbonyl (C=O) groups is 11. The molecule has 90 heavy (non-hydrogen) atoms. The van der Waals surface area contributed by atoms with Crippen molar-refractivity contribution in [3.63, 3.8) is 0 Å². The molecule has 22 heteroatoms. The molecule has 0 aromatic heterocycles. The highest BCUT2D eigenvalue weighted by atomic mass is 16.6. The Balaban J connectivity index is 1.97. The minimum Gasteiger partial charge on any atom is -0.489 e. The van der Waals surface area contributed by atoms with Crippen LogP contribution < -0.4 is 18.9 Å². The van der Waals surface area contributed by atoms with Gasteiger partial charge in [-0.1, -0.05) is 34.3 Å². The van der Waals surface area contributed by atoms with Crippen LogP contribution in [0.15, 0.2) is 60.7 Å². The molecule has 0 unspecified atom stereocenters. The Morgan fingerprint density at radius 2 is 0.544 bits per heavy atom. The maximum absolute atomic E-state index is 14.4. The van der Waals surface area contributed by atoms with E-state index in [1.807, 2.05) is 27.7 Å². The maximum atomic E-state index is 14.4. The summed E-state index contributed by atoms with van der Waals surface area (Å²) >= 11 is 0. The highest BCUT2D eigenvalue weighted by Crippen LogP contribution is 2.42. The summed E-state index contributed by atoms with van der Waals surface area (Å²) in [6, 6.07) is 13.3. The van der Waals surface area contributed by atoms with E-state index in [-0.39, 0.29) is 178 Å². The average molecular weight is 1250 g/mol. The summed E-state index contributed by atoms with van der Waals surface area (Å²) in [6.07, 6.45) is -0.133. The van der Waals surface area contributed by atoms with Crippen molar-refractivity contribution in [2.45, 2.75) is 131 Å². The Labute approximate surface area is 523 Å². The van der Waals surface area contributed by atoms with Gasteiger partial charge in [0, 0.05) is 79.2 Å². The lowest BCUT2D eigenvalue weighted by atomic mass is 9.86. The van der Waals surface area contributed by atoms with Crippen LogP contribution in [0.25, 0.3) is 0 Å². The number of fused-ring (bicyclic) bond motifs is 8. The molecule has 1 aliphatic rings. The van der Waals surface area contributed by atoms with Crippen LogP contribution in [-0.2, 0) is 92.4 Å². The first-order valence-corrected chi connectivity index (χ1v) is 29.9. The van der Waals surface area contributed by atoms with Gasteiger partial charge < -0.3 is 52.1 Å². The first-order valence-electron chi connectivity index (χ1n) is 29.9. The first kappa shape index (κ1) is 71.5. The van der Waals surface area contributed by atoms with E-state index in [0.717, 1.165) is 21.3 Å². The van der Waals surface area contributed by atoms with Crippen LogP contribution in [0.2, 0.25) is 0 Å². The lowest BCUT2D eigenvalue weighted by Gasteiger charge is -2.25. The Kier molecular flexibility index (Phi) is 28.9. The van der Waals surface area contributed by atoms with Crippen LogP contribution in [0.4, 0.5) is 0 Å². The normalized spacial score (nSPS) is 11.4. The van der Waals surface area contributed by atoms with Crippen molar-refractivity contribution in [2.24, 2.45) is 0 Å². The molecule has 0 saturated carbocycles. The zero-order valence-electron chi connectivity index (χ0n) is 52.6. The fraction of sp³-hybridized carbons (Fsp3) is 0.456. The number of ketones is 4. The molecule has 0 heterocycles. The predicted octanol–water partition coefficient (Wildman–Crippen LogP) is 9.25. The van der Waals surface area contributed by atoms with Gasteiger partial charge in [-0.2, -0.15) is 0 Å². The van der Waals surface area contributed by atoms with Crippen LogP contribution >= 0.6 is 0 Å². The number of hydrogen-bond donors (Lipinski definition) is 0. The highest BCUT2D eigenvalue weighted by molar-refractivity contribution is 5.99. The summed E-state index contributed by atoms with van der Waals surface area (Å²) < 4.78 is 62.3. The first-order chi connectivity index (χ1) is 43.2. The number of carbonyl (C=O) groups excluding carboxylic acids is 11. The molecule has 4 aromatic rings. The lowest BCUT2D eigenvalue weighted by molar-refractivity contribution is -0.155. The second kappa shape index (κ2) is 36.3. The Bertz CT molecular complexity index is 3160. The zero-order chi connectivity index (χ0) is 65.9. The van der Waals surface area contributed by atoms with E-state index in [4.69, 9.17) is 37.9 Å². The summed E-state index contributed by atoms with van der Waals surface area (Å²) in [7, 11) is 3.39. The largest absolute Gasteiger partial charge is 0.489 e. The summed E-state index contributed by atoms with van der Waals surface area (Å²) in [4.78, 5) is 144. The number of methoxy groups -OCH3 is 3. The molecule has 5 rings (SSSR count). The fourth-order valence-electron chi connectivity index (χ4n) is 9.78. The van der Waals surface area contributed by atoms with Crippen molar-refractivity contribution in [1.29, 1.82) is 0 Å². The standard InChI is InChI=1S/C68H80O22/c1-10-14-54(69)42-26-46-34-48-28-43(55(70)15-11-2)30-50(65(48)87-22-19-84-62(77)39-59(74)81-8)36-52-32-45(57(72)17-13-4)33-53(67(52)89-24-25-90-68(79)41(5)6)37-51-31-44(56(71)16-12-3)29-49(66(51)88-23-20-85-63(78)40-60(75)82-9)35-47(27-42)64(46)86-21-18-83-61(76)38-58(73)80-7/h26-33H,5,10-25,34-40H2,1-4,6-9H3. The molecular weight excluding hydrogens is 1170 g/mol. The van der Waals surface area contributed by atoms with Crippen molar-refractivity contribution < 1.29 is 105 Å². The number of benzene rings is 4. The SMILES string of the molecule is C=C(C)C(=O)OCCOc1c2cc(C(=O)CCC)cc1Cc1cc(C(=O)CCC)cc(c1OCCOC(=O)CC(=O)OC)Cc1cc(C(=O)CCC)cc(c1OCCOC(=O)CC(=O)OC)Cc1cc(C(=O)CCC)cc(c1OCCOC(=O)CC(=O)OC)C2. The third kappa shape index (κ3) is 21.5. The quantitative estimate of drug-likeness (QED) is 0.00911. The van der Waals surface area contributed by atoms with Crippen molar-refractivity contribution in [3.8, 4) is 23.0 Å². The van der Waals surface area contributed by atoms with E-state index in [9.17, 15) is 52.7 Å². The summed E-state index contributed by atoms with van der Waals surface area (Å²) in [5.41, 5.74) is 4.22. The second-order valence-corrected chi connectivity index (χ2v) is 21.1. The third-order valence-electron chi connectivity index (χ3n) is 13.9. The van der Waals surface area contributed by atoms with Gasteiger partial charge in [-0.15, -0.1) is 0 Å². The Morgan fingerprint density at radius 1 is 0.333 bits per heavy atom. The van der Waals surface area contributed by atoms with Crippen molar-refractivity contribution in [3.05, 3.63) is 127 Å². The molecule has 0 saturated heterocycles. The number of Topliss-reactive ketones (excluding diaryl/α,β-unsaturated/α-hetero) is 4. The molecule has 0 radical (unpaired) electrons. The predicted molar refractivity (Wildman–Crippen MR) is 324 cm³/mol. The van der Waals surface area contributed by atoms with Crippen molar-refractivity contribution in [2.75, 3.05) is 74.2 Å². The monoisotopic (exact) mass is 1250 g/mol. The summed E-state index contributed by atoms with van der Waals surface area (Å²) in [5.74, 6) is -5.99. The molecule has 0 aliphatic heterocycles. The number of hydrogen-bond acceptors (Lipinski definition) is 22. The van der Waals surface area contributed by atoms with Gasteiger partial charge in [-0.25, -0.2) is 4.79 Å². The van der Waals surface area contributed by atoms with Gasteiger partial charge in [0.2, 0.25) is 0 Å². The molecule has 0 spiro atoms. The van der Waals surface area contributed by atoms with Gasteiger partial charge in [-0.05, 0) is 126 Å². The highest BCUT2D eigenvalue weighted by Gasteiger charge is 2.28. The van der Waals surface area contributed by atoms with Crippen molar-refractivity contribution >= 4 is 64.9 Å². The second-order valence-electron chi connectivity index (χ2n) is 21.1. The molecular formula is C68H80O22. The topological polar surface area (TPSA) is 289 Å². The Hall–Kier alpha value is -9.21. The van der Waals surface area contributed by atoms with E-state index < -0.39 is 61.0 Å². The number of esters is 7. The molecule has 0 amide bonds. The summed E-state index contributed by atoms with van der Waals surface area (Å²) in [5, 5.41) is 0. The molecule has 1 aliphatic carbocycles. The van der Waals surface area contributed by atoms with Crippen LogP contribution in [-0.4, -0.2) is 139 Å². The molecule has 0 N–H and O–H groups in total. The average Bonchev–Trinajstić information content (AvgIpc) is 1.08. The minimum atomic E-state index is -0.892. The van der Waals surface area contributed by atoms with Gasteiger partial charge in [0.25, 0.3) is 0 Å². The van der Waals surface area contributed by atoms with Gasteiger partial charge >= 0.3 is 41.8 Å². The van der Waals surface area contributed by atoms with Gasteiger partial charge in [0.15, 0.2) is 23.1 Å². The van der Waals surface area contributed by atoms with Crippen LogP contribution in [0.1, 0.15) is 191 Å². The molecule has 4 aromatic carbocycles. The third-order valence-corrected chi connectivity index (χ3v) is 13.9. The van der Waals surface area contributed by atoms with Crippen molar-refractivity contribution in [1.82, 2.24) is 0 Å². The number of ether oxygens (including phenoxy) is 11.